The summed E-state index contributed by atoms with van der Waals surface area (Å²) in [5.74, 6) is -0.0155. The Balaban J connectivity index is 1.66. The average molecular weight is 361 g/mol. The predicted molar refractivity (Wildman–Crippen MR) is 93.9 cm³/mol. The van der Waals surface area contributed by atoms with Crippen molar-refractivity contribution in [1.82, 2.24) is 10.2 Å². The van der Waals surface area contributed by atoms with Crippen LogP contribution in [0.1, 0.15) is 22.3 Å². The van der Waals surface area contributed by atoms with Crippen LogP contribution < -0.4 is 5.32 Å². The van der Waals surface area contributed by atoms with E-state index in [1.165, 1.54) is 5.56 Å². The minimum atomic E-state index is -0.0155. The van der Waals surface area contributed by atoms with Crippen molar-refractivity contribution >= 4 is 21.8 Å². The number of benzene rings is 2. The Labute approximate surface area is 140 Å². The van der Waals surface area contributed by atoms with Crippen LogP contribution in [0.3, 0.4) is 0 Å². The molecular weight excluding hydrogens is 340 g/mol. The zero-order valence-electron chi connectivity index (χ0n) is 12.8. The lowest BCUT2D eigenvalue weighted by Crippen LogP contribution is -2.28. The third-order valence-corrected chi connectivity index (χ3v) is 3.93. The summed E-state index contributed by atoms with van der Waals surface area (Å²) >= 11 is 3.36. The van der Waals surface area contributed by atoms with E-state index in [1.807, 2.05) is 30.3 Å². The maximum absolute atomic E-state index is 12.0. The van der Waals surface area contributed by atoms with Gasteiger partial charge in [0.1, 0.15) is 0 Å². The van der Waals surface area contributed by atoms with E-state index in [4.69, 9.17) is 0 Å². The molecule has 1 N–H and O–H groups in total. The summed E-state index contributed by atoms with van der Waals surface area (Å²) in [6.07, 6.45) is 0.936. The van der Waals surface area contributed by atoms with Crippen molar-refractivity contribution in [3.8, 4) is 0 Å². The molecule has 2 aromatic carbocycles. The van der Waals surface area contributed by atoms with Gasteiger partial charge in [-0.15, -0.1) is 0 Å². The van der Waals surface area contributed by atoms with Gasteiger partial charge in [-0.1, -0.05) is 46.3 Å². The van der Waals surface area contributed by atoms with Crippen LogP contribution in [0, 0.1) is 0 Å². The van der Waals surface area contributed by atoms with Crippen molar-refractivity contribution in [1.29, 1.82) is 0 Å². The Kier molecular flexibility index (Phi) is 6.62. The van der Waals surface area contributed by atoms with E-state index in [-0.39, 0.29) is 5.91 Å². The fraction of sp³-hybridized carbons (Fsp3) is 0.278. The molecule has 2 rings (SSSR count). The van der Waals surface area contributed by atoms with E-state index in [1.54, 1.807) is 0 Å². The molecule has 0 aliphatic carbocycles. The van der Waals surface area contributed by atoms with Gasteiger partial charge in [-0.3, -0.25) is 4.79 Å². The van der Waals surface area contributed by atoms with Gasteiger partial charge in [-0.25, -0.2) is 0 Å². The van der Waals surface area contributed by atoms with Crippen LogP contribution in [0.5, 0.6) is 0 Å². The van der Waals surface area contributed by atoms with E-state index in [0.29, 0.717) is 12.1 Å². The molecule has 4 heteroatoms. The summed E-state index contributed by atoms with van der Waals surface area (Å²) < 4.78 is 0.978. The fourth-order valence-electron chi connectivity index (χ4n) is 2.23. The van der Waals surface area contributed by atoms with E-state index < -0.39 is 0 Å². The highest BCUT2D eigenvalue weighted by Crippen LogP contribution is 2.10. The zero-order valence-corrected chi connectivity index (χ0v) is 14.3. The quantitative estimate of drug-likeness (QED) is 0.763. The number of amides is 1. The number of rotatable bonds is 7. The molecule has 2 aromatic rings. The molecule has 0 aliphatic rings. The van der Waals surface area contributed by atoms with E-state index in [2.05, 4.69) is 57.5 Å². The molecule has 0 fully saturated rings. The molecule has 0 unspecified atom stereocenters. The topological polar surface area (TPSA) is 32.3 Å². The van der Waals surface area contributed by atoms with Crippen LogP contribution in [0.4, 0.5) is 0 Å². The van der Waals surface area contributed by atoms with Crippen LogP contribution >= 0.6 is 15.9 Å². The molecule has 0 spiro atoms. The number of carbonyl (C=O) groups excluding carboxylic acids is 1. The Hall–Kier alpha value is -1.65. The summed E-state index contributed by atoms with van der Waals surface area (Å²) in [7, 11) is 2.10. The van der Waals surface area contributed by atoms with Crippen molar-refractivity contribution in [2.45, 2.75) is 13.0 Å². The standard InChI is InChI=1S/C18H21BrN2O/c1-21(14-15-6-3-2-4-7-15)13-5-12-20-18(22)16-8-10-17(19)11-9-16/h2-4,6-11H,5,12-14H2,1H3,(H,20,22). The predicted octanol–water partition coefficient (Wildman–Crippen LogP) is 3.70. The van der Waals surface area contributed by atoms with E-state index in [0.717, 1.165) is 24.0 Å². The minimum absolute atomic E-state index is 0.0155. The second-order valence-electron chi connectivity index (χ2n) is 5.34. The van der Waals surface area contributed by atoms with E-state index in [9.17, 15) is 4.79 Å². The maximum atomic E-state index is 12.0. The average Bonchev–Trinajstić information content (AvgIpc) is 2.53. The Bertz CT molecular complexity index is 584. The normalized spacial score (nSPS) is 10.7. The number of hydrogen-bond donors (Lipinski definition) is 1. The number of nitrogens with zero attached hydrogens (tertiary/aromatic N) is 1. The van der Waals surface area contributed by atoms with Crippen LogP contribution in [-0.2, 0) is 6.54 Å². The SMILES string of the molecule is CN(CCCNC(=O)c1ccc(Br)cc1)Cc1ccccc1. The maximum Gasteiger partial charge on any atom is 0.251 e. The van der Waals surface area contributed by atoms with Crippen molar-refractivity contribution < 1.29 is 4.79 Å². The highest BCUT2D eigenvalue weighted by atomic mass is 79.9. The lowest BCUT2D eigenvalue weighted by atomic mass is 10.2. The molecule has 0 saturated heterocycles. The Morgan fingerprint density at radius 1 is 1.09 bits per heavy atom. The first-order valence-electron chi connectivity index (χ1n) is 7.41. The minimum Gasteiger partial charge on any atom is -0.352 e. The van der Waals surface area contributed by atoms with Gasteiger partial charge in [-0.05, 0) is 49.8 Å². The van der Waals surface area contributed by atoms with Gasteiger partial charge < -0.3 is 10.2 Å². The summed E-state index contributed by atoms with van der Waals surface area (Å²) in [5.41, 5.74) is 2.00. The Morgan fingerprint density at radius 3 is 2.45 bits per heavy atom. The highest BCUT2D eigenvalue weighted by Gasteiger charge is 2.05. The van der Waals surface area contributed by atoms with Crippen LogP contribution in [0.2, 0.25) is 0 Å². The van der Waals surface area contributed by atoms with Crippen LogP contribution in [-0.4, -0.2) is 30.9 Å². The Morgan fingerprint density at radius 2 is 1.77 bits per heavy atom. The van der Waals surface area contributed by atoms with Crippen molar-refractivity contribution in [2.75, 3.05) is 20.1 Å². The monoisotopic (exact) mass is 360 g/mol. The molecule has 0 atom stereocenters. The van der Waals surface area contributed by atoms with Crippen molar-refractivity contribution in [3.63, 3.8) is 0 Å². The summed E-state index contributed by atoms with van der Waals surface area (Å²) in [4.78, 5) is 14.2. The van der Waals surface area contributed by atoms with Gasteiger partial charge in [0.05, 0.1) is 0 Å². The lowest BCUT2D eigenvalue weighted by molar-refractivity contribution is 0.0952. The van der Waals surface area contributed by atoms with Gasteiger partial charge >= 0.3 is 0 Å². The molecule has 0 radical (unpaired) electrons. The lowest BCUT2D eigenvalue weighted by Gasteiger charge is -2.16. The second-order valence-corrected chi connectivity index (χ2v) is 6.26. The molecule has 0 aliphatic heterocycles. The number of hydrogen-bond acceptors (Lipinski definition) is 2. The molecule has 0 saturated carbocycles. The first-order chi connectivity index (χ1) is 10.6. The first-order valence-corrected chi connectivity index (χ1v) is 8.20. The first kappa shape index (κ1) is 16.7. The summed E-state index contributed by atoms with van der Waals surface area (Å²) in [5, 5.41) is 2.96. The van der Waals surface area contributed by atoms with Crippen molar-refractivity contribution in [2.24, 2.45) is 0 Å². The second kappa shape index (κ2) is 8.71. The summed E-state index contributed by atoms with van der Waals surface area (Å²) in [6.45, 7) is 2.57. The number of carbonyl (C=O) groups is 1. The molecule has 0 aromatic heterocycles. The molecule has 0 bridgehead atoms. The molecular formula is C18H21BrN2O. The number of nitrogens with one attached hydrogen (secondary N) is 1. The van der Waals surface area contributed by atoms with Gasteiger partial charge in [-0.2, -0.15) is 0 Å². The largest absolute Gasteiger partial charge is 0.352 e. The zero-order chi connectivity index (χ0) is 15.8. The fourth-order valence-corrected chi connectivity index (χ4v) is 2.49. The van der Waals surface area contributed by atoms with Crippen LogP contribution in [0.15, 0.2) is 59.1 Å². The molecule has 1 amide bonds. The highest BCUT2D eigenvalue weighted by molar-refractivity contribution is 9.10. The smallest absolute Gasteiger partial charge is 0.251 e. The van der Waals surface area contributed by atoms with Gasteiger partial charge in [0.25, 0.3) is 5.91 Å². The molecule has 0 heterocycles. The third kappa shape index (κ3) is 5.62. The third-order valence-electron chi connectivity index (χ3n) is 3.40. The van der Waals surface area contributed by atoms with Gasteiger partial charge in [0.2, 0.25) is 0 Å². The van der Waals surface area contributed by atoms with Crippen LogP contribution in [0.25, 0.3) is 0 Å². The molecule has 22 heavy (non-hydrogen) atoms. The van der Waals surface area contributed by atoms with Gasteiger partial charge in [0, 0.05) is 23.1 Å². The molecule has 3 nitrogen and oxygen atoms in total. The number of halogens is 1. The molecule has 116 valence electrons. The van der Waals surface area contributed by atoms with E-state index >= 15 is 0 Å². The van der Waals surface area contributed by atoms with Gasteiger partial charge in [0.15, 0.2) is 0 Å². The summed E-state index contributed by atoms with van der Waals surface area (Å²) in [6, 6.07) is 17.8. The van der Waals surface area contributed by atoms with Crippen molar-refractivity contribution in [3.05, 3.63) is 70.2 Å².